The summed E-state index contributed by atoms with van der Waals surface area (Å²) in [4.78, 5) is 34.2. The first-order valence-electron chi connectivity index (χ1n) is 22.1. The van der Waals surface area contributed by atoms with Crippen molar-refractivity contribution < 1.29 is 48.8 Å². The minimum atomic E-state index is -1.56. The van der Waals surface area contributed by atoms with E-state index >= 15 is 4.79 Å². The number of nitro groups is 1. The number of allylic oxidation sites excluding steroid dienone is 1. The summed E-state index contributed by atoms with van der Waals surface area (Å²) in [6.07, 6.45) is 8.17. The Morgan fingerprint density at radius 1 is 1.02 bits per heavy atom. The number of nitriles is 1. The molecule has 15 nitrogen and oxygen atoms in total. The number of hydrogen-bond acceptors (Lipinski definition) is 13. The minimum Gasteiger partial charge on any atom is -0.459 e. The van der Waals surface area contributed by atoms with Gasteiger partial charge in [-0.05, 0) is 112 Å². The third-order valence-corrected chi connectivity index (χ3v) is 11.9. The number of rotatable bonds is 22. The number of nitro benzene ring substituents is 1. The number of non-ortho nitro benzene ring substituents is 1. The monoisotopic (exact) mass is 880 g/mol. The Kier molecular flexibility index (Phi) is 16.3. The highest BCUT2D eigenvalue weighted by atomic mass is 16.7. The van der Waals surface area contributed by atoms with Crippen molar-refractivity contribution in [3.05, 3.63) is 118 Å². The molecule has 15 heteroatoms. The van der Waals surface area contributed by atoms with E-state index in [0.29, 0.717) is 54.0 Å². The van der Waals surface area contributed by atoms with Gasteiger partial charge >= 0.3 is 0 Å². The molecular formula is C49H60N4O11. The van der Waals surface area contributed by atoms with Crippen molar-refractivity contribution >= 4 is 17.3 Å². The molecule has 6 rings (SSSR count). The van der Waals surface area contributed by atoms with E-state index in [2.05, 4.69) is 18.7 Å². The quantitative estimate of drug-likeness (QED) is 0.0382. The number of benzene rings is 3. The predicted octanol–water partition coefficient (Wildman–Crippen LogP) is 7.84. The van der Waals surface area contributed by atoms with Crippen LogP contribution in [0.15, 0.2) is 96.2 Å². The van der Waals surface area contributed by atoms with Gasteiger partial charge in [-0.3, -0.25) is 14.9 Å². The van der Waals surface area contributed by atoms with Gasteiger partial charge in [0.05, 0.1) is 60.7 Å². The van der Waals surface area contributed by atoms with Crippen molar-refractivity contribution in [1.29, 1.82) is 5.26 Å². The first-order valence-corrected chi connectivity index (χ1v) is 22.1. The third kappa shape index (κ3) is 11.0. The number of amides is 1. The van der Waals surface area contributed by atoms with Gasteiger partial charge in [-0.2, -0.15) is 5.26 Å². The summed E-state index contributed by atoms with van der Waals surface area (Å²) < 4.78 is 26.5. The highest BCUT2D eigenvalue weighted by Gasteiger charge is 2.65. The maximum absolute atomic E-state index is 15.1. The van der Waals surface area contributed by atoms with Crippen LogP contribution in [0.3, 0.4) is 0 Å². The van der Waals surface area contributed by atoms with Gasteiger partial charge in [0.25, 0.3) is 11.6 Å². The highest BCUT2D eigenvalue weighted by Crippen LogP contribution is 2.62. The van der Waals surface area contributed by atoms with E-state index < -0.39 is 28.3 Å². The lowest BCUT2D eigenvalue weighted by Crippen LogP contribution is -2.70. The van der Waals surface area contributed by atoms with Gasteiger partial charge in [0.15, 0.2) is 0 Å². The normalized spacial score (nSPS) is 22.9. The van der Waals surface area contributed by atoms with Crippen LogP contribution in [0.4, 0.5) is 5.69 Å². The number of aliphatic hydroxyl groups is 3. The molecule has 0 radical (unpaired) electrons. The van der Waals surface area contributed by atoms with Gasteiger partial charge in [0, 0.05) is 49.3 Å². The van der Waals surface area contributed by atoms with Crippen LogP contribution < -0.4 is 9.47 Å². The number of oxime groups is 1. The van der Waals surface area contributed by atoms with Gasteiger partial charge < -0.3 is 44.0 Å². The van der Waals surface area contributed by atoms with Crippen LogP contribution in [0.2, 0.25) is 0 Å². The van der Waals surface area contributed by atoms with Gasteiger partial charge in [-0.1, -0.05) is 36.2 Å². The van der Waals surface area contributed by atoms with E-state index in [1.807, 2.05) is 26.8 Å². The largest absolute Gasteiger partial charge is 0.459 e. The summed E-state index contributed by atoms with van der Waals surface area (Å²) in [5, 5.41) is 55.6. The minimum absolute atomic E-state index is 0.0226. The zero-order valence-electron chi connectivity index (χ0n) is 36.9. The molecule has 1 heterocycles. The van der Waals surface area contributed by atoms with Gasteiger partial charge in [-0.15, -0.1) is 6.58 Å². The average molecular weight is 881 g/mol. The fourth-order valence-electron chi connectivity index (χ4n) is 9.28. The summed E-state index contributed by atoms with van der Waals surface area (Å²) in [6, 6.07) is 19.1. The van der Waals surface area contributed by atoms with E-state index in [-0.39, 0.29) is 87.7 Å². The van der Waals surface area contributed by atoms with Crippen LogP contribution in [0.25, 0.3) is 0 Å². The molecule has 0 unspecified atom stereocenters. The lowest BCUT2D eigenvalue weighted by molar-refractivity contribution is -0.384. The average Bonchev–Trinajstić information content (AvgIpc) is 3.28. The number of carbonyl (C=O) groups excluding carboxylic acids is 1. The Bertz CT molecular complexity index is 2200. The molecule has 3 N–H and O–H groups in total. The summed E-state index contributed by atoms with van der Waals surface area (Å²) in [5.41, 5.74) is 2.20. The van der Waals surface area contributed by atoms with E-state index in [0.717, 1.165) is 24.0 Å². The summed E-state index contributed by atoms with van der Waals surface area (Å²) >= 11 is 0. The Morgan fingerprint density at radius 3 is 2.42 bits per heavy atom. The molecule has 1 amide bonds. The molecule has 2 aliphatic carbocycles. The third-order valence-electron chi connectivity index (χ3n) is 11.9. The number of fused-ring (bicyclic) bond motifs is 2. The molecule has 3 aliphatic rings. The molecule has 0 saturated heterocycles. The zero-order valence-corrected chi connectivity index (χ0v) is 36.9. The number of ether oxygens (including phenoxy) is 4. The maximum Gasteiger partial charge on any atom is 0.273 e. The van der Waals surface area contributed by atoms with Crippen LogP contribution in [0.5, 0.6) is 17.2 Å². The Balaban J connectivity index is 1.62. The molecule has 342 valence electrons. The van der Waals surface area contributed by atoms with Crippen molar-refractivity contribution in [3.8, 4) is 23.3 Å². The number of aliphatic hydroxyl groups excluding tert-OH is 3. The van der Waals surface area contributed by atoms with E-state index in [4.69, 9.17) is 28.9 Å². The van der Waals surface area contributed by atoms with Crippen molar-refractivity contribution in [2.24, 2.45) is 22.9 Å². The summed E-state index contributed by atoms with van der Waals surface area (Å²) in [6.45, 7) is 9.85. The molecule has 3 aromatic rings. The van der Waals surface area contributed by atoms with E-state index in [1.165, 1.54) is 12.1 Å². The second-order valence-corrected chi connectivity index (χ2v) is 17.4. The highest BCUT2D eigenvalue weighted by molar-refractivity contribution is 6.03. The SMILES string of the molecule is C=CCO[C@@]12Oc3ccc(Oc4cccc([N+](=O)[O-])c4)cc3[C@H]3[C@H](CCCCO)[C@@H](CCCCO)C=C(C(=NOC(C)(C)C)C[C@@H]1N(CCOCCO)C(=O)c1ccc(C#N)cc1)[C@H]32. The maximum atomic E-state index is 15.1. The number of carbonyl (C=O) groups is 1. The summed E-state index contributed by atoms with van der Waals surface area (Å²) in [5.74, 6) is -1.78. The fraction of sp³-hybridized carbons (Fsp3) is 0.490. The smallest absolute Gasteiger partial charge is 0.273 e. The number of nitrogens with zero attached hydrogens (tertiary/aromatic N) is 4. The lowest BCUT2D eigenvalue weighted by Gasteiger charge is -2.60. The van der Waals surface area contributed by atoms with Gasteiger partial charge in [0.1, 0.15) is 28.9 Å². The van der Waals surface area contributed by atoms with Crippen molar-refractivity contribution in [2.75, 3.05) is 46.2 Å². The molecule has 6 atom stereocenters. The first-order chi connectivity index (χ1) is 30.9. The molecular weight excluding hydrogens is 821 g/mol. The number of hydrogen-bond donors (Lipinski definition) is 3. The molecule has 1 fully saturated rings. The molecule has 3 aromatic carbocycles. The predicted molar refractivity (Wildman–Crippen MR) is 239 cm³/mol. The Labute approximate surface area is 374 Å². The lowest BCUT2D eigenvalue weighted by atomic mass is 9.55. The second-order valence-electron chi connectivity index (χ2n) is 17.4. The Morgan fingerprint density at radius 2 is 1.75 bits per heavy atom. The fourth-order valence-corrected chi connectivity index (χ4v) is 9.28. The van der Waals surface area contributed by atoms with Crippen molar-refractivity contribution in [3.63, 3.8) is 0 Å². The van der Waals surface area contributed by atoms with Gasteiger partial charge in [0.2, 0.25) is 5.79 Å². The molecule has 0 aromatic heterocycles. The molecule has 1 saturated carbocycles. The topological polar surface area (TPSA) is 206 Å². The van der Waals surface area contributed by atoms with Crippen LogP contribution in [-0.4, -0.2) is 100 Å². The van der Waals surface area contributed by atoms with Crippen LogP contribution in [0.1, 0.15) is 93.1 Å². The molecule has 1 aliphatic heterocycles. The number of unbranched alkanes of at least 4 members (excludes halogenated alkanes) is 2. The van der Waals surface area contributed by atoms with E-state index in [1.54, 1.807) is 59.5 Å². The summed E-state index contributed by atoms with van der Waals surface area (Å²) in [7, 11) is 0. The molecule has 0 bridgehead atoms. The molecule has 64 heavy (non-hydrogen) atoms. The van der Waals surface area contributed by atoms with Gasteiger partial charge in [-0.25, -0.2) is 0 Å². The standard InChI is InChI=1S/C49H60N4O11/c1-5-25-61-49-44(52(21-26-60-27-24-56)47(57)34-17-15-33(32-50)16-18-34)31-42(51-64-48(2,3)4)40-28-35(11-6-8-22-54)39(14-7-9-23-55)45(46(40)49)41-30-38(19-20-43(41)63-49)62-37-13-10-12-36(29-37)53(58)59/h5,10,12-13,15-20,28-30,35,39,44-46,54-56H,1,6-9,11,14,21-27,31H2,2-4H3/t35-,39+,44-,45+,46+,49+/m0/s1. The van der Waals surface area contributed by atoms with Crippen molar-refractivity contribution in [1.82, 2.24) is 4.90 Å². The van der Waals surface area contributed by atoms with Crippen LogP contribution in [-0.2, 0) is 14.3 Å². The molecule has 0 spiro atoms. The Hall–Kier alpha value is -5.63. The second kappa shape index (κ2) is 21.8. The zero-order chi connectivity index (χ0) is 45.9. The first kappa shape index (κ1) is 47.8. The van der Waals surface area contributed by atoms with Crippen LogP contribution in [0, 0.1) is 39.2 Å². The van der Waals surface area contributed by atoms with Crippen molar-refractivity contribution in [2.45, 2.75) is 89.1 Å². The van der Waals surface area contributed by atoms with E-state index in [9.17, 15) is 30.7 Å². The van der Waals surface area contributed by atoms with Crippen LogP contribution >= 0.6 is 0 Å².